The van der Waals surface area contributed by atoms with Gasteiger partial charge in [-0.15, -0.1) is 0 Å². The lowest BCUT2D eigenvalue weighted by molar-refractivity contribution is -0.385. The summed E-state index contributed by atoms with van der Waals surface area (Å²) >= 11 is 5.86. The van der Waals surface area contributed by atoms with Gasteiger partial charge in [-0.25, -0.2) is 0 Å². The molecule has 0 saturated heterocycles. The number of aliphatic carboxylic acids is 1. The highest BCUT2D eigenvalue weighted by atomic mass is 35.5. The van der Waals surface area contributed by atoms with Gasteiger partial charge < -0.3 is 15.7 Å². The Morgan fingerprint density at radius 2 is 1.96 bits per heavy atom. The molecule has 1 rings (SSSR count). The first-order chi connectivity index (χ1) is 12.0. The van der Waals surface area contributed by atoms with Gasteiger partial charge in [0.2, 0.25) is 5.91 Å². The van der Waals surface area contributed by atoms with Crippen molar-refractivity contribution in [2.45, 2.75) is 32.7 Å². The number of carboxylic acid groups (broad SMARTS) is 1. The van der Waals surface area contributed by atoms with Gasteiger partial charge in [0, 0.05) is 6.07 Å². The Hall–Kier alpha value is -2.68. The zero-order valence-electron chi connectivity index (χ0n) is 14.5. The molecule has 0 aromatic heterocycles. The zero-order chi connectivity index (χ0) is 20.1. The Balaban J connectivity index is 2.84. The number of hydrogen-bond donors (Lipinski definition) is 3. The number of halogens is 1. The summed E-state index contributed by atoms with van der Waals surface area (Å²) in [5.74, 6) is -2.74. The van der Waals surface area contributed by atoms with Gasteiger partial charge in [-0.1, -0.05) is 31.5 Å². The van der Waals surface area contributed by atoms with Crippen LogP contribution >= 0.6 is 11.6 Å². The average molecular weight is 386 g/mol. The molecule has 0 spiro atoms. The summed E-state index contributed by atoms with van der Waals surface area (Å²) in [5, 5.41) is 24.7. The van der Waals surface area contributed by atoms with E-state index in [2.05, 4.69) is 10.6 Å². The Kier molecular flexibility index (Phi) is 7.08. The number of benzene rings is 1. The molecule has 26 heavy (non-hydrogen) atoms. The number of nitro benzene ring substituents is 1. The molecule has 1 unspecified atom stereocenters. The molecule has 0 bridgehead atoms. The lowest BCUT2D eigenvalue weighted by Crippen LogP contribution is -2.53. The monoisotopic (exact) mass is 385 g/mol. The summed E-state index contributed by atoms with van der Waals surface area (Å²) in [6.07, 6.45) is -0.291. The zero-order valence-corrected chi connectivity index (χ0v) is 15.3. The van der Waals surface area contributed by atoms with E-state index < -0.39 is 40.5 Å². The maximum absolute atomic E-state index is 12.2. The molecular formula is C16H20ClN3O6. The molecule has 9 nitrogen and oxygen atoms in total. The van der Waals surface area contributed by atoms with Crippen LogP contribution in [0.4, 0.5) is 5.69 Å². The standard InChI is InChI=1S/C16H20ClN3O6/c1-9(2)16(3,7-13(22)23)19-12(21)8-18-15(24)14-10(17)5-4-6-11(14)20(25)26/h4-6,9H,7-8H2,1-3H3,(H,18,24)(H,19,21)(H,22,23). The first-order valence-electron chi connectivity index (χ1n) is 7.72. The summed E-state index contributed by atoms with van der Waals surface area (Å²) in [7, 11) is 0. The van der Waals surface area contributed by atoms with Gasteiger partial charge >= 0.3 is 5.97 Å². The molecule has 0 saturated carbocycles. The number of nitrogens with zero attached hydrogens (tertiary/aromatic N) is 1. The Bertz CT molecular complexity index is 737. The first-order valence-corrected chi connectivity index (χ1v) is 8.09. The predicted molar refractivity (Wildman–Crippen MR) is 94.1 cm³/mol. The minimum Gasteiger partial charge on any atom is -0.481 e. The smallest absolute Gasteiger partial charge is 0.305 e. The number of carbonyl (C=O) groups is 3. The number of nitro groups is 1. The van der Waals surface area contributed by atoms with Crippen molar-refractivity contribution in [1.29, 1.82) is 0 Å². The van der Waals surface area contributed by atoms with Crippen LogP contribution in [-0.2, 0) is 9.59 Å². The third kappa shape index (κ3) is 5.41. The second kappa shape index (κ2) is 8.61. The molecular weight excluding hydrogens is 366 g/mol. The van der Waals surface area contributed by atoms with Crippen LogP contribution < -0.4 is 10.6 Å². The fourth-order valence-electron chi connectivity index (χ4n) is 2.21. The molecule has 1 atom stereocenters. The number of carboxylic acids is 1. The van der Waals surface area contributed by atoms with Gasteiger partial charge in [-0.05, 0) is 18.9 Å². The molecule has 142 valence electrons. The Morgan fingerprint density at radius 3 is 2.46 bits per heavy atom. The summed E-state index contributed by atoms with van der Waals surface area (Å²) < 4.78 is 0. The van der Waals surface area contributed by atoms with Crippen molar-refractivity contribution in [3.05, 3.63) is 38.9 Å². The Morgan fingerprint density at radius 1 is 1.35 bits per heavy atom. The summed E-state index contributed by atoms with van der Waals surface area (Å²) in [6, 6.07) is 3.79. The number of carbonyl (C=O) groups excluding carboxylic acids is 2. The van der Waals surface area contributed by atoms with E-state index in [0.717, 1.165) is 6.07 Å². The fraction of sp³-hybridized carbons (Fsp3) is 0.438. The fourth-order valence-corrected chi connectivity index (χ4v) is 2.46. The molecule has 1 aromatic rings. The highest BCUT2D eigenvalue weighted by Crippen LogP contribution is 2.26. The summed E-state index contributed by atoms with van der Waals surface area (Å²) in [6.45, 7) is 4.62. The van der Waals surface area contributed by atoms with Crippen molar-refractivity contribution < 1.29 is 24.4 Å². The first kappa shape index (κ1) is 21.4. The van der Waals surface area contributed by atoms with E-state index >= 15 is 0 Å². The number of nitrogens with one attached hydrogen (secondary N) is 2. The lowest BCUT2D eigenvalue weighted by atomic mass is 9.85. The average Bonchev–Trinajstić information content (AvgIpc) is 2.51. The Labute approximate surface area is 154 Å². The van der Waals surface area contributed by atoms with Crippen LogP contribution in [-0.4, -0.2) is 39.9 Å². The van der Waals surface area contributed by atoms with Crippen LogP contribution in [0.2, 0.25) is 5.02 Å². The van der Waals surface area contributed by atoms with Gasteiger partial charge in [0.25, 0.3) is 11.6 Å². The van der Waals surface area contributed by atoms with E-state index in [9.17, 15) is 24.5 Å². The minimum atomic E-state index is -1.07. The van der Waals surface area contributed by atoms with E-state index in [4.69, 9.17) is 16.7 Å². The molecule has 0 heterocycles. The van der Waals surface area contributed by atoms with Crippen LogP contribution in [0.3, 0.4) is 0 Å². The second-order valence-corrected chi connectivity index (χ2v) is 6.67. The molecule has 0 radical (unpaired) electrons. The van der Waals surface area contributed by atoms with Crippen LogP contribution in [0.5, 0.6) is 0 Å². The SMILES string of the molecule is CC(C)C(C)(CC(=O)O)NC(=O)CNC(=O)c1c(Cl)cccc1[N+](=O)[O-]. The van der Waals surface area contributed by atoms with E-state index in [-0.39, 0.29) is 22.9 Å². The van der Waals surface area contributed by atoms with Gasteiger partial charge in [-0.2, -0.15) is 0 Å². The van der Waals surface area contributed by atoms with Crippen molar-refractivity contribution >= 4 is 35.1 Å². The van der Waals surface area contributed by atoms with Crippen LogP contribution in [0.1, 0.15) is 37.6 Å². The normalized spacial score (nSPS) is 13.0. The molecule has 0 aliphatic heterocycles. The van der Waals surface area contributed by atoms with E-state index in [1.54, 1.807) is 20.8 Å². The van der Waals surface area contributed by atoms with Crippen LogP contribution in [0.15, 0.2) is 18.2 Å². The second-order valence-electron chi connectivity index (χ2n) is 6.26. The molecule has 0 aliphatic carbocycles. The van der Waals surface area contributed by atoms with Crippen molar-refractivity contribution in [2.24, 2.45) is 5.92 Å². The van der Waals surface area contributed by atoms with Crippen molar-refractivity contribution in [3.63, 3.8) is 0 Å². The number of rotatable bonds is 8. The molecule has 3 N–H and O–H groups in total. The lowest BCUT2D eigenvalue weighted by Gasteiger charge is -2.33. The van der Waals surface area contributed by atoms with Gasteiger partial charge in [-0.3, -0.25) is 24.5 Å². The van der Waals surface area contributed by atoms with Crippen molar-refractivity contribution in [3.8, 4) is 0 Å². The van der Waals surface area contributed by atoms with E-state index in [1.165, 1.54) is 12.1 Å². The summed E-state index contributed by atoms with van der Waals surface area (Å²) in [4.78, 5) is 45.6. The maximum atomic E-state index is 12.2. The molecule has 10 heteroatoms. The predicted octanol–water partition coefficient (Wildman–Crippen LogP) is 1.98. The van der Waals surface area contributed by atoms with Gasteiger partial charge in [0.05, 0.1) is 28.5 Å². The van der Waals surface area contributed by atoms with E-state index in [1.807, 2.05) is 0 Å². The molecule has 0 fully saturated rings. The topological polar surface area (TPSA) is 139 Å². The van der Waals surface area contributed by atoms with Crippen molar-refractivity contribution in [1.82, 2.24) is 10.6 Å². The third-order valence-corrected chi connectivity index (χ3v) is 4.36. The highest BCUT2D eigenvalue weighted by Gasteiger charge is 2.33. The molecule has 1 aromatic carbocycles. The molecule has 0 aliphatic rings. The van der Waals surface area contributed by atoms with Crippen LogP contribution in [0, 0.1) is 16.0 Å². The van der Waals surface area contributed by atoms with Crippen LogP contribution in [0.25, 0.3) is 0 Å². The number of amides is 2. The quantitative estimate of drug-likeness (QED) is 0.462. The largest absolute Gasteiger partial charge is 0.481 e. The number of hydrogen-bond acceptors (Lipinski definition) is 5. The van der Waals surface area contributed by atoms with Gasteiger partial charge in [0.15, 0.2) is 0 Å². The highest BCUT2D eigenvalue weighted by molar-refractivity contribution is 6.34. The minimum absolute atomic E-state index is 0.116. The van der Waals surface area contributed by atoms with Crippen molar-refractivity contribution in [2.75, 3.05) is 6.54 Å². The summed E-state index contributed by atoms with van der Waals surface area (Å²) in [5.41, 5.74) is -1.83. The molecule has 2 amide bonds. The van der Waals surface area contributed by atoms with E-state index in [0.29, 0.717) is 0 Å². The third-order valence-electron chi connectivity index (χ3n) is 4.04. The maximum Gasteiger partial charge on any atom is 0.305 e. The van der Waals surface area contributed by atoms with Gasteiger partial charge in [0.1, 0.15) is 5.56 Å².